The molecule has 0 bridgehead atoms. The lowest BCUT2D eigenvalue weighted by molar-refractivity contribution is -0.414. The Morgan fingerprint density at radius 1 is 1.70 bits per heavy atom. The number of allylic oxidation sites excluding steroid dienone is 3. The molecule has 54 valence electrons. The average molecular weight is 363 g/mol. The molecule has 0 atom stereocenters. The third-order valence-corrected chi connectivity index (χ3v) is 3.53. The van der Waals surface area contributed by atoms with Crippen molar-refractivity contribution in [1.82, 2.24) is 0 Å². The van der Waals surface area contributed by atoms with Crippen molar-refractivity contribution < 1.29 is 4.92 Å². The molecule has 0 saturated heterocycles. The summed E-state index contributed by atoms with van der Waals surface area (Å²) < 4.78 is 4.46. The first-order chi connectivity index (χ1) is 4.72. The van der Waals surface area contributed by atoms with Crippen LogP contribution in [0.15, 0.2) is 19.4 Å². The summed E-state index contributed by atoms with van der Waals surface area (Å²) >= 11 is 1.78. The topological polar surface area (TPSA) is 43.1 Å². The molecule has 0 radical (unpaired) electrons. The van der Waals surface area contributed by atoms with E-state index in [0.717, 1.165) is 3.58 Å². The molecular weight excluding hydrogens is 360 g/mol. The standard InChI is InChI=1S/C5H3I2NO2/c6-4-1-2-7-3-5(4)8(9)10/h1-3H. The van der Waals surface area contributed by atoms with Crippen molar-refractivity contribution in [3.05, 3.63) is 29.5 Å². The van der Waals surface area contributed by atoms with E-state index in [4.69, 9.17) is 0 Å². The molecule has 0 aromatic carbocycles. The van der Waals surface area contributed by atoms with E-state index in [9.17, 15) is 10.1 Å². The van der Waals surface area contributed by atoms with Crippen molar-refractivity contribution in [3.63, 3.8) is 0 Å². The van der Waals surface area contributed by atoms with E-state index in [1.54, 1.807) is 4.01 Å². The molecule has 1 heterocycles. The molecule has 1 rings (SSSR count). The third kappa shape index (κ3) is 1.84. The highest BCUT2D eigenvalue weighted by Crippen LogP contribution is 2.21. The zero-order valence-corrected chi connectivity index (χ0v) is 9.07. The number of nitrogens with zero attached hydrogens (tertiary/aromatic N) is 1. The maximum atomic E-state index is 10.3. The summed E-state index contributed by atoms with van der Waals surface area (Å²) in [4.78, 5) is 9.93. The Labute approximate surface area is 81.2 Å². The molecular formula is C5H3I2NO2. The van der Waals surface area contributed by atoms with Crippen LogP contribution in [0.1, 0.15) is 0 Å². The Morgan fingerprint density at radius 3 is 2.80 bits per heavy atom. The normalized spacial score (nSPS) is 16.9. The first kappa shape index (κ1) is 8.31. The lowest BCUT2D eigenvalue weighted by atomic mass is 10.4. The molecule has 0 aromatic heterocycles. The second kappa shape index (κ2) is 3.56. The van der Waals surface area contributed by atoms with Gasteiger partial charge >= 0.3 is 0 Å². The van der Waals surface area contributed by atoms with Crippen LogP contribution in [0.2, 0.25) is 0 Å². The highest BCUT2D eigenvalue weighted by molar-refractivity contribution is 14.2. The minimum Gasteiger partial charge on any atom is -0.258 e. The van der Waals surface area contributed by atoms with Crippen molar-refractivity contribution in [2.24, 2.45) is 0 Å². The molecule has 10 heavy (non-hydrogen) atoms. The van der Waals surface area contributed by atoms with Crippen LogP contribution in [0.25, 0.3) is 0 Å². The summed E-state index contributed by atoms with van der Waals surface area (Å²) in [7, 11) is 0. The zero-order chi connectivity index (χ0) is 7.56. The molecule has 0 saturated carbocycles. The second-order valence-electron chi connectivity index (χ2n) is 1.52. The van der Waals surface area contributed by atoms with Crippen LogP contribution in [-0.2, 0) is 0 Å². The maximum absolute atomic E-state index is 10.3. The van der Waals surface area contributed by atoms with Gasteiger partial charge in [-0.2, -0.15) is 0 Å². The third-order valence-electron chi connectivity index (χ3n) is 0.890. The summed E-state index contributed by atoms with van der Waals surface area (Å²) in [6, 6.07) is 0. The van der Waals surface area contributed by atoms with Gasteiger partial charge in [0.1, 0.15) is 0 Å². The maximum Gasteiger partial charge on any atom is 0.288 e. The van der Waals surface area contributed by atoms with Crippen molar-refractivity contribution in [1.29, 1.82) is 0 Å². The molecule has 0 spiro atoms. The highest BCUT2D eigenvalue weighted by atomic mass is 127. The van der Waals surface area contributed by atoms with Gasteiger partial charge in [0.25, 0.3) is 5.70 Å². The quantitative estimate of drug-likeness (QED) is 0.408. The molecule has 0 aromatic rings. The van der Waals surface area contributed by atoms with Gasteiger partial charge in [-0.3, -0.25) is 10.1 Å². The molecule has 0 unspecified atom stereocenters. The van der Waals surface area contributed by atoms with E-state index in [0.29, 0.717) is 0 Å². The van der Waals surface area contributed by atoms with E-state index in [1.165, 1.54) is 0 Å². The van der Waals surface area contributed by atoms with Crippen molar-refractivity contribution in [2.45, 2.75) is 0 Å². The van der Waals surface area contributed by atoms with Crippen LogP contribution in [0.4, 0.5) is 0 Å². The van der Waals surface area contributed by atoms with Gasteiger partial charge in [-0.15, -0.1) is 0 Å². The predicted molar refractivity (Wildman–Crippen MR) is 57.3 cm³/mol. The first-order valence-corrected chi connectivity index (χ1v) is 5.94. The van der Waals surface area contributed by atoms with E-state index in [2.05, 4.69) is 0 Å². The van der Waals surface area contributed by atoms with E-state index < -0.39 is 0 Å². The Morgan fingerprint density at radius 2 is 2.40 bits per heavy atom. The second-order valence-corrected chi connectivity index (χ2v) is 4.74. The fourth-order valence-corrected chi connectivity index (χ4v) is 3.95. The Bertz CT molecular complexity index is 254. The van der Waals surface area contributed by atoms with Gasteiger partial charge in [0.15, 0.2) is 0 Å². The van der Waals surface area contributed by atoms with Gasteiger partial charge < -0.3 is 0 Å². The molecule has 0 N–H and O–H groups in total. The summed E-state index contributed by atoms with van der Waals surface area (Å²) in [5.41, 5.74) is 0.274. The van der Waals surface area contributed by atoms with Crippen LogP contribution in [-0.4, -0.2) is 8.94 Å². The molecule has 0 aliphatic carbocycles. The fraction of sp³-hybridized carbons (Fsp3) is 0. The van der Waals surface area contributed by atoms with Gasteiger partial charge in [-0.25, -0.2) is 0 Å². The lowest BCUT2D eigenvalue weighted by Gasteiger charge is -1.95. The molecule has 0 amide bonds. The van der Waals surface area contributed by atoms with E-state index >= 15 is 0 Å². The number of hydrogen-bond donors (Lipinski definition) is 0. The Hall–Kier alpha value is 0.210. The first-order valence-electron chi connectivity index (χ1n) is 2.37. The largest absolute Gasteiger partial charge is 0.288 e. The van der Waals surface area contributed by atoms with Gasteiger partial charge in [0, 0.05) is 0 Å². The fourth-order valence-electron chi connectivity index (χ4n) is 0.452. The van der Waals surface area contributed by atoms with Crippen LogP contribution in [0.5, 0.6) is 0 Å². The van der Waals surface area contributed by atoms with E-state index in [-0.39, 0.29) is 31.4 Å². The summed E-state index contributed by atoms with van der Waals surface area (Å²) in [6.07, 6.45) is 1.81. The molecule has 3 nitrogen and oxygen atoms in total. The van der Waals surface area contributed by atoms with Crippen LogP contribution in [0, 0.1) is 10.1 Å². The lowest BCUT2D eigenvalue weighted by Crippen LogP contribution is -2.00. The van der Waals surface area contributed by atoms with Gasteiger partial charge in [-0.05, 0) is 32.7 Å². The average Bonchev–Trinajstić information content (AvgIpc) is 1.88. The molecule has 1 aliphatic heterocycles. The smallest absolute Gasteiger partial charge is 0.258 e. The zero-order valence-electron chi connectivity index (χ0n) is 4.75. The molecule has 5 heteroatoms. The molecule has 0 fully saturated rings. The van der Waals surface area contributed by atoms with Gasteiger partial charge in [0.05, 0.1) is 12.5 Å². The summed E-state index contributed by atoms with van der Waals surface area (Å²) in [5.74, 6) is 0. The van der Waals surface area contributed by atoms with Gasteiger partial charge in [0.2, 0.25) is 0 Å². The number of nitro groups is 1. The number of rotatable bonds is 1. The number of halogens is 2. The molecule has 1 aliphatic rings. The van der Waals surface area contributed by atoms with Crippen molar-refractivity contribution >= 4 is 47.3 Å². The minimum atomic E-state index is -0.328. The minimum absolute atomic E-state index is 0.196. The summed E-state index contributed by atoms with van der Waals surface area (Å²) in [5, 5.41) is 10.3. The highest BCUT2D eigenvalue weighted by Gasteiger charge is 2.12. The van der Waals surface area contributed by atoms with Crippen LogP contribution in [0.3, 0.4) is 0 Å². The monoisotopic (exact) mass is 363 g/mol. The predicted octanol–water partition coefficient (Wildman–Crippen LogP) is 2.21. The summed E-state index contributed by atoms with van der Waals surface area (Å²) in [6.45, 7) is 0. The van der Waals surface area contributed by atoms with Gasteiger partial charge in [-0.1, -0.05) is 20.7 Å². The van der Waals surface area contributed by atoms with Crippen molar-refractivity contribution in [2.75, 3.05) is 0 Å². The Balaban J connectivity index is 3.04. The SMILES string of the molecule is O=[N+]([O-])C1=C(I)C=CI=C1. The van der Waals surface area contributed by atoms with Crippen LogP contribution >= 0.6 is 43.3 Å². The van der Waals surface area contributed by atoms with E-state index in [1.807, 2.05) is 32.7 Å². The van der Waals surface area contributed by atoms with Crippen molar-refractivity contribution in [3.8, 4) is 0 Å². The number of hydrogen-bond acceptors (Lipinski definition) is 2. The Kier molecular flexibility index (Phi) is 2.96. The van der Waals surface area contributed by atoms with Crippen LogP contribution < -0.4 is 0 Å².